The van der Waals surface area contributed by atoms with Gasteiger partial charge in [-0.3, -0.25) is 5.32 Å². The van der Waals surface area contributed by atoms with Crippen LogP contribution in [0.15, 0.2) is 36.4 Å². The van der Waals surface area contributed by atoms with E-state index >= 15 is 0 Å². The predicted molar refractivity (Wildman–Crippen MR) is 135 cm³/mol. The topological polar surface area (TPSA) is 36.1 Å². The van der Waals surface area contributed by atoms with Crippen LogP contribution in [0.5, 0.6) is 0 Å². The minimum Gasteiger partial charge on any atom is -0.365 e. The lowest BCUT2D eigenvalue weighted by Gasteiger charge is -2.21. The molecule has 1 aliphatic rings. The Morgan fingerprint density at radius 1 is 0.548 bits per heavy atom. The van der Waals surface area contributed by atoms with Gasteiger partial charge >= 0.3 is 0 Å². The Morgan fingerprint density at radius 2 is 0.935 bits per heavy atom. The number of hydrogen-bond acceptors (Lipinski definition) is 3. The highest BCUT2D eigenvalue weighted by atomic mass is 35.5. The summed E-state index contributed by atoms with van der Waals surface area (Å²) in [6.45, 7) is 0. The maximum Gasteiger partial charge on any atom is 0.107 e. The molecule has 3 aromatic carbocycles. The van der Waals surface area contributed by atoms with Gasteiger partial charge in [0.1, 0.15) is 12.3 Å². The van der Waals surface area contributed by atoms with Crippen LogP contribution in [0.3, 0.4) is 0 Å². The van der Waals surface area contributed by atoms with Crippen molar-refractivity contribution >= 4 is 104 Å². The van der Waals surface area contributed by atoms with Gasteiger partial charge in [0.2, 0.25) is 0 Å². The molecule has 162 valence electrons. The fourth-order valence-corrected chi connectivity index (χ4v) is 5.34. The standard InChI is InChI=1S/C20H11Cl8N3/c21-7-1-3-11(9(23)5-7)29-19-13-14(16(26)18(28)17(27)15(13)25)20(31-19)30-12-4-2-8(22)6-10(12)24/h1-6,19-20,29-31H. The molecule has 0 fully saturated rings. The van der Waals surface area contributed by atoms with Crippen LogP contribution in [0.25, 0.3) is 0 Å². The van der Waals surface area contributed by atoms with E-state index in [9.17, 15) is 0 Å². The Hall–Kier alpha value is -0.460. The zero-order valence-corrected chi connectivity index (χ0v) is 21.2. The van der Waals surface area contributed by atoms with Gasteiger partial charge < -0.3 is 10.6 Å². The summed E-state index contributed by atoms with van der Waals surface area (Å²) in [5.41, 5.74) is 2.54. The van der Waals surface area contributed by atoms with Crippen LogP contribution >= 0.6 is 92.8 Å². The first-order valence-corrected chi connectivity index (χ1v) is 11.7. The molecule has 4 rings (SSSR count). The average molecular weight is 577 g/mol. The van der Waals surface area contributed by atoms with Crippen molar-refractivity contribution in [1.82, 2.24) is 5.32 Å². The molecule has 2 unspecified atom stereocenters. The third kappa shape index (κ3) is 4.63. The van der Waals surface area contributed by atoms with E-state index in [1.807, 2.05) is 0 Å². The molecule has 0 aromatic heterocycles. The molecule has 31 heavy (non-hydrogen) atoms. The normalized spacial score (nSPS) is 17.5. The minimum absolute atomic E-state index is 0.160. The summed E-state index contributed by atoms with van der Waals surface area (Å²) in [5, 5.41) is 12.8. The Morgan fingerprint density at radius 3 is 1.29 bits per heavy atom. The van der Waals surface area contributed by atoms with Crippen molar-refractivity contribution in [3.05, 3.63) is 87.7 Å². The summed E-state index contributed by atoms with van der Waals surface area (Å²) < 4.78 is 0. The van der Waals surface area contributed by atoms with Gasteiger partial charge in [0.05, 0.1) is 41.5 Å². The van der Waals surface area contributed by atoms with Crippen molar-refractivity contribution in [1.29, 1.82) is 0 Å². The van der Waals surface area contributed by atoms with Gasteiger partial charge in [-0.05, 0) is 36.4 Å². The summed E-state index contributed by atoms with van der Waals surface area (Å²) in [6.07, 6.45) is -1.01. The van der Waals surface area contributed by atoms with Crippen LogP contribution in [0.4, 0.5) is 11.4 Å². The number of hydrogen-bond donors (Lipinski definition) is 3. The van der Waals surface area contributed by atoms with Gasteiger partial charge in [-0.2, -0.15) is 0 Å². The molecular formula is C20H11Cl8N3. The third-order valence-electron chi connectivity index (χ3n) is 4.71. The fraction of sp³-hybridized carbons (Fsp3) is 0.100. The van der Waals surface area contributed by atoms with E-state index in [-0.39, 0.29) is 20.1 Å². The van der Waals surface area contributed by atoms with E-state index in [0.717, 1.165) is 0 Å². The van der Waals surface area contributed by atoms with E-state index in [1.165, 1.54) is 0 Å². The second kappa shape index (κ2) is 9.42. The Bertz CT molecular complexity index is 1090. The SMILES string of the molecule is Clc1ccc(NC2NC(Nc3ccc(Cl)cc3Cl)c3c(Cl)c(Cl)c(Cl)c(Cl)c32)c(Cl)c1. The van der Waals surface area contributed by atoms with E-state index in [1.54, 1.807) is 36.4 Å². The zero-order valence-electron chi connectivity index (χ0n) is 15.1. The number of nitrogens with one attached hydrogen (secondary N) is 3. The monoisotopic (exact) mass is 573 g/mol. The molecule has 3 nitrogen and oxygen atoms in total. The lowest BCUT2D eigenvalue weighted by atomic mass is 10.1. The van der Waals surface area contributed by atoms with Gasteiger partial charge in [0.15, 0.2) is 0 Å². The van der Waals surface area contributed by atoms with E-state index < -0.39 is 12.3 Å². The van der Waals surface area contributed by atoms with Gasteiger partial charge in [-0.15, -0.1) is 0 Å². The minimum atomic E-state index is -0.503. The first-order chi connectivity index (χ1) is 14.7. The largest absolute Gasteiger partial charge is 0.365 e. The lowest BCUT2D eigenvalue weighted by molar-refractivity contribution is 0.571. The molecule has 0 saturated heterocycles. The second-order valence-electron chi connectivity index (χ2n) is 6.65. The molecule has 0 amide bonds. The highest BCUT2D eigenvalue weighted by Gasteiger charge is 2.37. The first kappa shape index (κ1) is 23.7. The maximum atomic E-state index is 6.58. The fourth-order valence-electron chi connectivity index (χ4n) is 3.32. The van der Waals surface area contributed by atoms with Gasteiger partial charge in [0.25, 0.3) is 0 Å². The highest BCUT2D eigenvalue weighted by molar-refractivity contribution is 6.52. The van der Waals surface area contributed by atoms with E-state index in [2.05, 4.69) is 16.0 Å². The van der Waals surface area contributed by atoms with Gasteiger partial charge in [-0.25, -0.2) is 0 Å². The molecule has 3 aromatic rings. The van der Waals surface area contributed by atoms with Crippen LogP contribution in [0.2, 0.25) is 40.2 Å². The molecule has 11 heteroatoms. The molecular weight excluding hydrogens is 566 g/mol. The van der Waals surface area contributed by atoms with Gasteiger partial charge in [0, 0.05) is 21.2 Å². The quantitative estimate of drug-likeness (QED) is 0.214. The Kier molecular flexibility index (Phi) is 7.20. The summed E-state index contributed by atoms with van der Waals surface area (Å²) in [4.78, 5) is 0. The van der Waals surface area contributed by atoms with Crippen molar-refractivity contribution < 1.29 is 0 Å². The molecule has 0 radical (unpaired) electrons. The number of anilines is 2. The van der Waals surface area contributed by atoms with Crippen LogP contribution < -0.4 is 16.0 Å². The molecule has 0 spiro atoms. The average Bonchev–Trinajstić information content (AvgIpc) is 3.07. The Balaban J connectivity index is 1.78. The third-order valence-corrected chi connectivity index (χ3v) is 7.64. The van der Waals surface area contributed by atoms with Crippen molar-refractivity contribution in [2.24, 2.45) is 0 Å². The predicted octanol–water partition coefficient (Wildman–Crippen LogP) is 9.74. The molecule has 0 saturated carbocycles. The molecule has 2 atom stereocenters. The number of rotatable bonds is 4. The number of benzene rings is 3. The summed E-state index contributed by atoms with van der Waals surface area (Å²) in [5.74, 6) is 0. The summed E-state index contributed by atoms with van der Waals surface area (Å²) in [7, 11) is 0. The Labute approximate surface area is 218 Å². The van der Waals surface area contributed by atoms with E-state index in [4.69, 9.17) is 92.8 Å². The van der Waals surface area contributed by atoms with Gasteiger partial charge in [-0.1, -0.05) is 92.8 Å². The van der Waals surface area contributed by atoms with Crippen LogP contribution in [-0.4, -0.2) is 0 Å². The van der Waals surface area contributed by atoms with E-state index in [0.29, 0.717) is 42.6 Å². The summed E-state index contributed by atoms with van der Waals surface area (Å²) >= 11 is 50.5. The number of halogens is 8. The smallest absolute Gasteiger partial charge is 0.107 e. The highest BCUT2D eigenvalue weighted by Crippen LogP contribution is 2.50. The lowest BCUT2D eigenvalue weighted by Crippen LogP contribution is -2.28. The van der Waals surface area contributed by atoms with Crippen LogP contribution in [0, 0.1) is 0 Å². The second-order valence-corrected chi connectivity index (χ2v) is 9.85. The molecule has 1 heterocycles. The molecule has 3 N–H and O–H groups in total. The van der Waals surface area contributed by atoms with Crippen molar-refractivity contribution in [3.8, 4) is 0 Å². The summed E-state index contributed by atoms with van der Waals surface area (Å²) in [6, 6.07) is 10.2. The first-order valence-electron chi connectivity index (χ1n) is 8.72. The maximum absolute atomic E-state index is 6.58. The number of fused-ring (bicyclic) bond motifs is 1. The molecule has 0 bridgehead atoms. The van der Waals surface area contributed by atoms with Crippen molar-refractivity contribution in [3.63, 3.8) is 0 Å². The van der Waals surface area contributed by atoms with Crippen molar-refractivity contribution in [2.45, 2.75) is 12.3 Å². The molecule has 1 aliphatic heterocycles. The molecule has 0 aliphatic carbocycles. The van der Waals surface area contributed by atoms with Crippen LogP contribution in [0.1, 0.15) is 23.5 Å². The van der Waals surface area contributed by atoms with Crippen molar-refractivity contribution in [2.75, 3.05) is 10.6 Å². The zero-order chi connectivity index (χ0) is 22.4. The van der Waals surface area contributed by atoms with Crippen LogP contribution in [-0.2, 0) is 0 Å².